The van der Waals surface area contributed by atoms with Crippen LogP contribution in [0.4, 0.5) is 5.82 Å². The van der Waals surface area contributed by atoms with Crippen molar-refractivity contribution in [3.05, 3.63) is 59.8 Å². The first kappa shape index (κ1) is 13.6. The minimum atomic E-state index is 0.0190. The lowest BCUT2D eigenvalue weighted by Crippen LogP contribution is -2.29. The first-order valence-electron chi connectivity index (χ1n) is 7.27. The monoisotopic (exact) mass is 281 g/mol. The Hall–Kier alpha value is -2.36. The highest BCUT2D eigenvalue weighted by atomic mass is 16.2. The molecule has 1 saturated heterocycles. The molecule has 0 spiro atoms. The van der Waals surface area contributed by atoms with Crippen molar-refractivity contribution in [2.75, 3.05) is 25.5 Å². The molecule has 1 aromatic carbocycles. The maximum atomic E-state index is 12.5. The summed E-state index contributed by atoms with van der Waals surface area (Å²) in [5, 5.41) is 2.97. The van der Waals surface area contributed by atoms with Crippen molar-refractivity contribution in [3.8, 4) is 0 Å². The SMILES string of the molecule is CNc1cccc(C(=O)N2CCC(c3ccccc3)C2)n1. The molecule has 1 N–H and O–H groups in total. The molecule has 1 atom stereocenters. The van der Waals surface area contributed by atoms with E-state index in [2.05, 4.69) is 34.6 Å². The molecule has 3 rings (SSSR count). The summed E-state index contributed by atoms with van der Waals surface area (Å²) < 4.78 is 0. The fourth-order valence-corrected chi connectivity index (χ4v) is 2.80. The van der Waals surface area contributed by atoms with Crippen LogP contribution < -0.4 is 5.32 Å². The Morgan fingerprint density at radius 2 is 2.00 bits per heavy atom. The number of aromatic nitrogens is 1. The van der Waals surface area contributed by atoms with Crippen LogP contribution in [0.15, 0.2) is 48.5 Å². The largest absolute Gasteiger partial charge is 0.373 e. The average Bonchev–Trinajstić information content (AvgIpc) is 3.05. The maximum Gasteiger partial charge on any atom is 0.272 e. The van der Waals surface area contributed by atoms with E-state index in [-0.39, 0.29) is 5.91 Å². The van der Waals surface area contributed by atoms with Crippen molar-refractivity contribution in [2.45, 2.75) is 12.3 Å². The number of benzene rings is 1. The predicted molar refractivity (Wildman–Crippen MR) is 83.5 cm³/mol. The van der Waals surface area contributed by atoms with Crippen LogP contribution >= 0.6 is 0 Å². The van der Waals surface area contributed by atoms with Gasteiger partial charge in [0, 0.05) is 26.1 Å². The van der Waals surface area contributed by atoms with Gasteiger partial charge in [-0.1, -0.05) is 36.4 Å². The molecule has 0 aliphatic carbocycles. The van der Waals surface area contributed by atoms with Crippen LogP contribution in [0.3, 0.4) is 0 Å². The van der Waals surface area contributed by atoms with Gasteiger partial charge in [0.25, 0.3) is 5.91 Å². The van der Waals surface area contributed by atoms with Crippen LogP contribution in [0.5, 0.6) is 0 Å². The molecule has 2 heterocycles. The Morgan fingerprint density at radius 1 is 1.19 bits per heavy atom. The number of nitrogens with zero attached hydrogens (tertiary/aromatic N) is 2. The summed E-state index contributed by atoms with van der Waals surface area (Å²) in [7, 11) is 1.80. The van der Waals surface area contributed by atoms with E-state index in [1.807, 2.05) is 23.1 Å². The van der Waals surface area contributed by atoms with Crippen molar-refractivity contribution in [2.24, 2.45) is 0 Å². The van der Waals surface area contributed by atoms with Gasteiger partial charge in [0.2, 0.25) is 0 Å². The van der Waals surface area contributed by atoms with Crippen LogP contribution in [0.1, 0.15) is 28.4 Å². The van der Waals surface area contributed by atoms with Crippen molar-refractivity contribution in [3.63, 3.8) is 0 Å². The van der Waals surface area contributed by atoms with Gasteiger partial charge in [0.05, 0.1) is 0 Å². The van der Waals surface area contributed by atoms with E-state index in [1.54, 1.807) is 13.1 Å². The van der Waals surface area contributed by atoms with E-state index >= 15 is 0 Å². The number of amides is 1. The van der Waals surface area contributed by atoms with E-state index in [0.29, 0.717) is 11.6 Å². The summed E-state index contributed by atoms with van der Waals surface area (Å²) in [6.45, 7) is 1.57. The molecule has 0 bridgehead atoms. The molecule has 21 heavy (non-hydrogen) atoms. The number of rotatable bonds is 3. The van der Waals surface area contributed by atoms with Crippen LogP contribution in [0.25, 0.3) is 0 Å². The maximum absolute atomic E-state index is 12.5. The van der Waals surface area contributed by atoms with Gasteiger partial charge in [-0.25, -0.2) is 4.98 Å². The number of carbonyl (C=O) groups excluding carboxylic acids is 1. The van der Waals surface area contributed by atoms with Crippen LogP contribution in [-0.2, 0) is 0 Å². The Bertz CT molecular complexity index is 627. The van der Waals surface area contributed by atoms with Gasteiger partial charge < -0.3 is 10.2 Å². The minimum Gasteiger partial charge on any atom is -0.373 e. The van der Waals surface area contributed by atoms with Crippen LogP contribution in [-0.4, -0.2) is 35.9 Å². The Balaban J connectivity index is 1.72. The predicted octanol–water partition coefficient (Wildman–Crippen LogP) is 2.75. The third-order valence-corrected chi connectivity index (χ3v) is 3.97. The number of hydrogen-bond acceptors (Lipinski definition) is 3. The summed E-state index contributed by atoms with van der Waals surface area (Å²) in [5.41, 5.74) is 1.82. The Labute approximate surface area is 124 Å². The van der Waals surface area contributed by atoms with E-state index in [9.17, 15) is 4.79 Å². The molecule has 1 aliphatic heterocycles. The van der Waals surface area contributed by atoms with E-state index in [0.717, 1.165) is 25.3 Å². The molecule has 1 aromatic heterocycles. The third kappa shape index (κ3) is 2.89. The number of pyridine rings is 1. The smallest absolute Gasteiger partial charge is 0.272 e. The van der Waals surface area contributed by atoms with Gasteiger partial charge in [-0.05, 0) is 24.1 Å². The number of nitrogens with one attached hydrogen (secondary N) is 1. The van der Waals surface area contributed by atoms with Crippen molar-refractivity contribution in [1.29, 1.82) is 0 Å². The van der Waals surface area contributed by atoms with E-state index in [1.165, 1.54) is 5.56 Å². The minimum absolute atomic E-state index is 0.0190. The summed E-state index contributed by atoms with van der Waals surface area (Å²) in [4.78, 5) is 18.8. The zero-order valence-corrected chi connectivity index (χ0v) is 12.1. The molecule has 1 amide bonds. The van der Waals surface area contributed by atoms with Crippen molar-refractivity contribution in [1.82, 2.24) is 9.88 Å². The zero-order chi connectivity index (χ0) is 14.7. The summed E-state index contributed by atoms with van der Waals surface area (Å²) in [5.74, 6) is 1.17. The standard InChI is InChI=1S/C17H19N3O/c1-18-16-9-5-8-15(19-16)17(21)20-11-10-14(12-20)13-6-3-2-4-7-13/h2-9,14H,10-12H2,1H3,(H,18,19). The normalized spacial score (nSPS) is 17.8. The second-order valence-electron chi connectivity index (χ2n) is 5.31. The fraction of sp³-hybridized carbons (Fsp3) is 0.294. The van der Waals surface area contributed by atoms with Crippen molar-refractivity contribution < 1.29 is 4.79 Å². The topological polar surface area (TPSA) is 45.2 Å². The van der Waals surface area contributed by atoms with Gasteiger partial charge in [-0.3, -0.25) is 4.79 Å². The summed E-state index contributed by atoms with van der Waals surface area (Å²) in [6, 6.07) is 15.9. The zero-order valence-electron chi connectivity index (χ0n) is 12.1. The lowest BCUT2D eigenvalue weighted by Gasteiger charge is -2.16. The summed E-state index contributed by atoms with van der Waals surface area (Å²) >= 11 is 0. The van der Waals surface area contributed by atoms with Gasteiger partial charge >= 0.3 is 0 Å². The number of anilines is 1. The molecule has 0 saturated carbocycles. The lowest BCUT2D eigenvalue weighted by atomic mass is 9.99. The highest BCUT2D eigenvalue weighted by Gasteiger charge is 2.28. The molecular formula is C17H19N3O. The molecule has 108 valence electrons. The lowest BCUT2D eigenvalue weighted by molar-refractivity contribution is 0.0785. The summed E-state index contributed by atoms with van der Waals surface area (Å²) in [6.07, 6.45) is 1.02. The van der Waals surface area contributed by atoms with Gasteiger partial charge in [-0.2, -0.15) is 0 Å². The molecule has 0 radical (unpaired) electrons. The van der Waals surface area contributed by atoms with E-state index < -0.39 is 0 Å². The molecule has 2 aromatic rings. The highest BCUT2D eigenvalue weighted by Crippen LogP contribution is 2.27. The molecule has 1 fully saturated rings. The quantitative estimate of drug-likeness (QED) is 0.941. The third-order valence-electron chi connectivity index (χ3n) is 3.97. The Morgan fingerprint density at radius 3 is 2.76 bits per heavy atom. The molecule has 1 aliphatic rings. The van der Waals surface area contributed by atoms with E-state index in [4.69, 9.17) is 0 Å². The van der Waals surface area contributed by atoms with Gasteiger partial charge in [-0.15, -0.1) is 0 Å². The molecular weight excluding hydrogens is 262 g/mol. The molecule has 1 unspecified atom stereocenters. The van der Waals surface area contributed by atoms with Crippen molar-refractivity contribution >= 4 is 11.7 Å². The number of hydrogen-bond donors (Lipinski definition) is 1. The highest BCUT2D eigenvalue weighted by molar-refractivity contribution is 5.92. The molecule has 4 heteroatoms. The van der Waals surface area contributed by atoms with Gasteiger partial charge in [0.15, 0.2) is 0 Å². The first-order chi connectivity index (χ1) is 10.3. The number of likely N-dealkylation sites (tertiary alicyclic amines) is 1. The van der Waals surface area contributed by atoms with Crippen LogP contribution in [0, 0.1) is 0 Å². The fourth-order valence-electron chi connectivity index (χ4n) is 2.80. The number of carbonyl (C=O) groups is 1. The second-order valence-corrected chi connectivity index (χ2v) is 5.31. The Kier molecular flexibility index (Phi) is 3.86. The van der Waals surface area contributed by atoms with Crippen LogP contribution in [0.2, 0.25) is 0 Å². The second kappa shape index (κ2) is 5.95. The van der Waals surface area contributed by atoms with Gasteiger partial charge in [0.1, 0.15) is 11.5 Å². The first-order valence-corrected chi connectivity index (χ1v) is 7.27. The average molecular weight is 281 g/mol. The molecule has 4 nitrogen and oxygen atoms in total.